The highest BCUT2D eigenvalue weighted by Crippen LogP contribution is 2.38. The number of nitrogens with zero attached hydrogens (tertiary/aromatic N) is 1. The Hall–Kier alpha value is -2.80. The Labute approximate surface area is 177 Å². The van der Waals surface area contributed by atoms with Gasteiger partial charge < -0.3 is 29.6 Å². The summed E-state index contributed by atoms with van der Waals surface area (Å²) in [5, 5.41) is 7.25. The van der Waals surface area contributed by atoms with Crippen molar-refractivity contribution < 1.29 is 18.9 Å². The van der Waals surface area contributed by atoms with Crippen LogP contribution in [0.25, 0.3) is 0 Å². The molecule has 158 valence electrons. The molecule has 29 heavy (non-hydrogen) atoms. The second-order valence-corrected chi connectivity index (χ2v) is 6.50. The Morgan fingerprint density at radius 3 is 2.14 bits per heavy atom. The molecular formula is C21H28ClN3O4. The van der Waals surface area contributed by atoms with Crippen molar-refractivity contribution in [1.82, 2.24) is 10.6 Å². The first-order valence-corrected chi connectivity index (χ1v) is 9.49. The molecule has 0 amide bonds. The molecule has 8 heteroatoms. The van der Waals surface area contributed by atoms with Gasteiger partial charge in [0.15, 0.2) is 17.5 Å². The van der Waals surface area contributed by atoms with Gasteiger partial charge in [0.1, 0.15) is 5.75 Å². The van der Waals surface area contributed by atoms with Crippen LogP contribution in [0, 0.1) is 0 Å². The van der Waals surface area contributed by atoms with Crippen LogP contribution in [-0.4, -0.2) is 48.0 Å². The molecule has 0 atom stereocenters. The van der Waals surface area contributed by atoms with Crippen molar-refractivity contribution in [3.8, 4) is 23.0 Å². The predicted molar refractivity (Wildman–Crippen MR) is 116 cm³/mol. The minimum absolute atomic E-state index is 0.541. The number of aliphatic imine (C=N–C) groups is 1. The van der Waals surface area contributed by atoms with Gasteiger partial charge in [-0.3, -0.25) is 4.99 Å². The van der Waals surface area contributed by atoms with Gasteiger partial charge in [0.05, 0.1) is 28.4 Å². The van der Waals surface area contributed by atoms with Crippen molar-refractivity contribution >= 4 is 17.6 Å². The third-order valence-corrected chi connectivity index (χ3v) is 4.71. The molecule has 0 radical (unpaired) electrons. The molecule has 0 unspecified atom stereocenters. The highest BCUT2D eigenvalue weighted by Gasteiger charge is 2.13. The average Bonchev–Trinajstić information content (AvgIpc) is 2.75. The molecule has 0 saturated heterocycles. The summed E-state index contributed by atoms with van der Waals surface area (Å²) in [5.74, 6) is 3.22. The number of halogens is 1. The summed E-state index contributed by atoms with van der Waals surface area (Å²) in [4.78, 5) is 4.26. The van der Waals surface area contributed by atoms with E-state index in [-0.39, 0.29) is 0 Å². The van der Waals surface area contributed by atoms with Gasteiger partial charge in [-0.15, -0.1) is 0 Å². The van der Waals surface area contributed by atoms with E-state index in [1.807, 2.05) is 30.3 Å². The molecule has 0 aliphatic carbocycles. The minimum Gasteiger partial charge on any atom is -0.497 e. The summed E-state index contributed by atoms with van der Waals surface area (Å²) < 4.78 is 21.3. The Kier molecular flexibility index (Phi) is 8.73. The fourth-order valence-electron chi connectivity index (χ4n) is 2.82. The third kappa shape index (κ3) is 6.09. The second-order valence-electron chi connectivity index (χ2n) is 6.09. The van der Waals surface area contributed by atoms with E-state index >= 15 is 0 Å². The molecule has 0 aromatic heterocycles. The Morgan fingerprint density at radius 2 is 1.62 bits per heavy atom. The average molecular weight is 422 g/mol. The summed E-state index contributed by atoms with van der Waals surface area (Å²) in [6.45, 7) is 1.22. The van der Waals surface area contributed by atoms with E-state index in [0.29, 0.717) is 41.3 Å². The summed E-state index contributed by atoms with van der Waals surface area (Å²) >= 11 is 6.29. The van der Waals surface area contributed by atoms with Gasteiger partial charge in [-0.2, -0.15) is 0 Å². The molecular weight excluding hydrogens is 394 g/mol. The van der Waals surface area contributed by atoms with E-state index in [1.165, 1.54) is 0 Å². The summed E-state index contributed by atoms with van der Waals surface area (Å²) in [6.07, 6.45) is 0.758. The number of benzene rings is 2. The topological polar surface area (TPSA) is 73.3 Å². The number of methoxy groups -OCH3 is 4. The van der Waals surface area contributed by atoms with Gasteiger partial charge in [0, 0.05) is 25.2 Å². The zero-order chi connectivity index (χ0) is 21.2. The van der Waals surface area contributed by atoms with Gasteiger partial charge in [-0.25, -0.2) is 0 Å². The van der Waals surface area contributed by atoms with Crippen LogP contribution in [0.4, 0.5) is 0 Å². The molecule has 0 spiro atoms. The SMILES string of the molecule is CN=C(NCCc1ccc(OC)cc1Cl)NCc1cc(OC)c(OC)c(OC)c1. The Morgan fingerprint density at radius 1 is 0.931 bits per heavy atom. The quantitative estimate of drug-likeness (QED) is 0.478. The van der Waals surface area contributed by atoms with Crippen LogP contribution in [-0.2, 0) is 13.0 Å². The van der Waals surface area contributed by atoms with Gasteiger partial charge in [-0.05, 0) is 41.8 Å². The van der Waals surface area contributed by atoms with Crippen LogP contribution >= 0.6 is 11.6 Å². The van der Waals surface area contributed by atoms with Crippen molar-refractivity contribution in [2.75, 3.05) is 42.0 Å². The predicted octanol–water partition coefficient (Wildman–Crippen LogP) is 3.28. The molecule has 2 N–H and O–H groups in total. The number of rotatable bonds is 9. The fourth-order valence-corrected chi connectivity index (χ4v) is 3.08. The monoisotopic (exact) mass is 421 g/mol. The molecule has 0 aliphatic heterocycles. The van der Waals surface area contributed by atoms with Gasteiger partial charge in [0.25, 0.3) is 0 Å². The first-order chi connectivity index (χ1) is 14.1. The zero-order valence-electron chi connectivity index (χ0n) is 17.5. The normalized spacial score (nSPS) is 11.0. The number of guanidine groups is 1. The molecule has 7 nitrogen and oxygen atoms in total. The van der Waals surface area contributed by atoms with E-state index in [4.69, 9.17) is 30.5 Å². The van der Waals surface area contributed by atoms with Gasteiger partial charge in [0.2, 0.25) is 5.75 Å². The molecule has 0 heterocycles. The smallest absolute Gasteiger partial charge is 0.203 e. The van der Waals surface area contributed by atoms with Gasteiger partial charge in [-0.1, -0.05) is 17.7 Å². The molecule has 2 aromatic carbocycles. The highest BCUT2D eigenvalue weighted by molar-refractivity contribution is 6.31. The standard InChI is InChI=1S/C21H28ClN3O4/c1-23-21(24-9-8-15-6-7-16(26-2)12-17(15)22)25-13-14-10-18(27-3)20(29-5)19(11-14)28-4/h6-7,10-12H,8-9,13H2,1-5H3,(H2,23,24,25). The van der Waals surface area contributed by atoms with Crippen molar-refractivity contribution in [3.63, 3.8) is 0 Å². The van der Waals surface area contributed by atoms with Crippen LogP contribution < -0.4 is 29.6 Å². The van der Waals surface area contributed by atoms with E-state index in [2.05, 4.69) is 15.6 Å². The lowest BCUT2D eigenvalue weighted by Crippen LogP contribution is -2.37. The lowest BCUT2D eigenvalue weighted by molar-refractivity contribution is 0.323. The summed E-state index contributed by atoms with van der Waals surface area (Å²) in [6, 6.07) is 9.49. The van der Waals surface area contributed by atoms with Crippen molar-refractivity contribution in [1.29, 1.82) is 0 Å². The minimum atomic E-state index is 0.541. The lowest BCUT2D eigenvalue weighted by atomic mass is 10.1. The summed E-state index contributed by atoms with van der Waals surface area (Å²) in [7, 11) is 8.12. The fraction of sp³-hybridized carbons (Fsp3) is 0.381. The first kappa shape index (κ1) is 22.5. The lowest BCUT2D eigenvalue weighted by Gasteiger charge is -2.16. The maximum atomic E-state index is 6.29. The highest BCUT2D eigenvalue weighted by atomic mass is 35.5. The van der Waals surface area contributed by atoms with Crippen LogP contribution in [0.5, 0.6) is 23.0 Å². The van der Waals surface area contributed by atoms with E-state index in [9.17, 15) is 0 Å². The third-order valence-electron chi connectivity index (χ3n) is 4.36. The Balaban J connectivity index is 1.94. The number of hydrogen-bond donors (Lipinski definition) is 2. The maximum absolute atomic E-state index is 6.29. The van der Waals surface area contributed by atoms with E-state index < -0.39 is 0 Å². The molecule has 0 saturated carbocycles. The van der Waals surface area contributed by atoms with Crippen molar-refractivity contribution in [3.05, 3.63) is 46.5 Å². The van der Waals surface area contributed by atoms with Crippen LogP contribution in [0.15, 0.2) is 35.3 Å². The first-order valence-electron chi connectivity index (χ1n) is 9.12. The van der Waals surface area contributed by atoms with Crippen molar-refractivity contribution in [2.24, 2.45) is 4.99 Å². The zero-order valence-corrected chi connectivity index (χ0v) is 18.2. The van der Waals surface area contributed by atoms with Gasteiger partial charge >= 0.3 is 0 Å². The maximum Gasteiger partial charge on any atom is 0.203 e. The molecule has 0 aliphatic rings. The number of hydrogen-bond acceptors (Lipinski definition) is 5. The van der Waals surface area contributed by atoms with E-state index in [1.54, 1.807) is 35.5 Å². The summed E-state index contributed by atoms with van der Waals surface area (Å²) in [5.41, 5.74) is 2.01. The van der Waals surface area contributed by atoms with Crippen LogP contribution in [0.3, 0.4) is 0 Å². The molecule has 2 aromatic rings. The molecule has 2 rings (SSSR count). The second kappa shape index (κ2) is 11.3. The molecule has 0 fully saturated rings. The largest absolute Gasteiger partial charge is 0.497 e. The number of ether oxygens (including phenoxy) is 4. The Bertz CT molecular complexity index is 818. The molecule has 0 bridgehead atoms. The number of nitrogens with one attached hydrogen (secondary N) is 2. The van der Waals surface area contributed by atoms with Crippen molar-refractivity contribution in [2.45, 2.75) is 13.0 Å². The van der Waals surface area contributed by atoms with Crippen LogP contribution in [0.2, 0.25) is 5.02 Å². The van der Waals surface area contributed by atoms with Crippen LogP contribution in [0.1, 0.15) is 11.1 Å². The van der Waals surface area contributed by atoms with E-state index in [0.717, 1.165) is 23.3 Å².